The van der Waals surface area contributed by atoms with Crippen LogP contribution in [0.3, 0.4) is 0 Å². The smallest absolute Gasteiger partial charge is 0.276 e. The maximum absolute atomic E-state index is 12.5. The summed E-state index contributed by atoms with van der Waals surface area (Å²) < 4.78 is 16.1. The second-order valence-corrected chi connectivity index (χ2v) is 6.28. The van der Waals surface area contributed by atoms with Crippen molar-refractivity contribution in [3.8, 4) is 5.75 Å². The van der Waals surface area contributed by atoms with Crippen molar-refractivity contribution in [1.29, 1.82) is 0 Å². The van der Waals surface area contributed by atoms with Gasteiger partial charge in [-0.25, -0.2) is 0 Å². The molecule has 1 aliphatic heterocycles. The predicted molar refractivity (Wildman–Crippen MR) is 93.2 cm³/mol. The zero-order valence-electron chi connectivity index (χ0n) is 14.9. The molecule has 0 radical (unpaired) electrons. The second-order valence-electron chi connectivity index (χ2n) is 6.28. The van der Waals surface area contributed by atoms with Gasteiger partial charge in [0.15, 0.2) is 17.2 Å². The van der Waals surface area contributed by atoms with Crippen molar-refractivity contribution in [2.45, 2.75) is 32.5 Å². The zero-order chi connectivity index (χ0) is 18.5. The molecule has 1 amide bonds. The third-order valence-electron chi connectivity index (χ3n) is 4.46. The minimum absolute atomic E-state index is 0.0276. The van der Waals surface area contributed by atoms with Crippen molar-refractivity contribution >= 4 is 11.7 Å². The number of carbonyl (C=O) groups is 2. The van der Waals surface area contributed by atoms with E-state index < -0.39 is 0 Å². The number of hydrogen-bond donors (Lipinski definition) is 0. The first-order chi connectivity index (χ1) is 12.6. The van der Waals surface area contributed by atoms with Gasteiger partial charge in [-0.2, -0.15) is 0 Å². The number of ketones is 1. The summed E-state index contributed by atoms with van der Waals surface area (Å²) in [4.78, 5) is 25.7. The maximum atomic E-state index is 12.5. The largest absolute Gasteiger partial charge is 0.486 e. The average Bonchev–Trinajstić information content (AvgIpc) is 3.15. The molecule has 0 spiro atoms. The van der Waals surface area contributed by atoms with Gasteiger partial charge in [-0.3, -0.25) is 9.59 Å². The molecule has 1 fully saturated rings. The van der Waals surface area contributed by atoms with Crippen LogP contribution in [0, 0.1) is 0 Å². The van der Waals surface area contributed by atoms with Crippen LogP contribution in [0.15, 0.2) is 34.9 Å². The molecule has 2 aromatic rings. The molecule has 2 heterocycles. The number of nitrogens with zero attached hydrogens (tertiary/aromatic N) is 2. The highest BCUT2D eigenvalue weighted by molar-refractivity contribution is 5.94. The van der Waals surface area contributed by atoms with E-state index in [-0.39, 0.29) is 30.1 Å². The fourth-order valence-corrected chi connectivity index (χ4v) is 2.90. The van der Waals surface area contributed by atoms with E-state index in [9.17, 15) is 9.59 Å². The standard InChI is InChI=1S/C19H22N2O5/c1-13(22)14-4-3-5-16(10-14)25-12-17-11-18(20-26-17)19(23)21-8-6-15(24-2)7-9-21/h3-5,10-11,15H,6-9,12H2,1-2H3. The van der Waals surface area contributed by atoms with E-state index in [0.29, 0.717) is 30.2 Å². The van der Waals surface area contributed by atoms with Gasteiger partial charge >= 0.3 is 0 Å². The minimum atomic E-state index is -0.145. The first-order valence-corrected chi connectivity index (χ1v) is 8.58. The Kier molecular flexibility index (Phi) is 5.68. The number of aromatic nitrogens is 1. The molecule has 26 heavy (non-hydrogen) atoms. The maximum Gasteiger partial charge on any atom is 0.276 e. The average molecular weight is 358 g/mol. The molecule has 0 atom stereocenters. The number of likely N-dealkylation sites (tertiary alicyclic amines) is 1. The molecule has 1 saturated heterocycles. The van der Waals surface area contributed by atoms with E-state index in [1.54, 1.807) is 42.3 Å². The fraction of sp³-hybridized carbons (Fsp3) is 0.421. The summed E-state index contributed by atoms with van der Waals surface area (Å²) in [6.45, 7) is 2.93. The number of rotatable bonds is 6. The fourth-order valence-electron chi connectivity index (χ4n) is 2.90. The molecular formula is C19H22N2O5. The molecule has 1 aromatic carbocycles. The second kappa shape index (κ2) is 8.14. The van der Waals surface area contributed by atoms with E-state index in [2.05, 4.69) is 5.16 Å². The van der Waals surface area contributed by atoms with Gasteiger partial charge in [0.25, 0.3) is 5.91 Å². The van der Waals surface area contributed by atoms with Crippen molar-refractivity contribution in [3.05, 3.63) is 47.3 Å². The number of benzene rings is 1. The molecule has 0 saturated carbocycles. The summed E-state index contributed by atoms with van der Waals surface area (Å²) in [5.74, 6) is 0.838. The number of carbonyl (C=O) groups excluding carboxylic acids is 2. The Labute approximate surface area is 151 Å². The van der Waals surface area contributed by atoms with Gasteiger partial charge in [0.1, 0.15) is 12.4 Å². The van der Waals surface area contributed by atoms with Crippen LogP contribution in [-0.4, -0.2) is 48.1 Å². The lowest BCUT2D eigenvalue weighted by Gasteiger charge is -2.30. The predicted octanol–water partition coefficient (Wildman–Crippen LogP) is 2.71. The number of ether oxygens (including phenoxy) is 2. The summed E-state index contributed by atoms with van der Waals surface area (Å²) in [6, 6.07) is 8.51. The van der Waals surface area contributed by atoms with Gasteiger partial charge in [0.2, 0.25) is 0 Å². The van der Waals surface area contributed by atoms with Gasteiger partial charge in [-0.1, -0.05) is 17.3 Å². The Bertz CT molecular complexity index is 778. The summed E-state index contributed by atoms with van der Waals surface area (Å²) in [7, 11) is 1.69. The molecule has 138 valence electrons. The summed E-state index contributed by atoms with van der Waals surface area (Å²) in [5.41, 5.74) is 0.854. The molecule has 0 bridgehead atoms. The van der Waals surface area contributed by atoms with Crippen LogP contribution in [0.5, 0.6) is 5.75 Å². The topological polar surface area (TPSA) is 81.9 Å². The summed E-state index contributed by atoms with van der Waals surface area (Å²) in [5, 5.41) is 3.86. The third-order valence-corrected chi connectivity index (χ3v) is 4.46. The van der Waals surface area contributed by atoms with Gasteiger partial charge in [-0.15, -0.1) is 0 Å². The molecule has 3 rings (SSSR count). The quantitative estimate of drug-likeness (QED) is 0.739. The van der Waals surface area contributed by atoms with E-state index in [1.807, 2.05) is 0 Å². The van der Waals surface area contributed by atoms with Gasteiger partial charge in [-0.05, 0) is 31.9 Å². The van der Waals surface area contributed by atoms with E-state index in [0.717, 1.165) is 12.8 Å². The van der Waals surface area contributed by atoms with Crippen molar-refractivity contribution in [2.75, 3.05) is 20.2 Å². The molecule has 7 nitrogen and oxygen atoms in total. The van der Waals surface area contributed by atoms with Crippen molar-refractivity contribution in [3.63, 3.8) is 0 Å². The lowest BCUT2D eigenvalue weighted by Crippen LogP contribution is -2.40. The number of amides is 1. The van der Waals surface area contributed by atoms with Crippen LogP contribution < -0.4 is 4.74 Å². The molecular weight excluding hydrogens is 336 g/mol. The lowest BCUT2D eigenvalue weighted by atomic mass is 10.1. The van der Waals surface area contributed by atoms with E-state index in [1.165, 1.54) is 6.92 Å². The molecule has 0 aliphatic carbocycles. The Balaban J connectivity index is 1.57. The van der Waals surface area contributed by atoms with E-state index >= 15 is 0 Å². The van der Waals surface area contributed by atoms with Gasteiger partial charge in [0.05, 0.1) is 6.10 Å². The van der Waals surface area contributed by atoms with Crippen LogP contribution >= 0.6 is 0 Å². The van der Waals surface area contributed by atoms with Crippen LogP contribution in [0.4, 0.5) is 0 Å². The summed E-state index contributed by atoms with van der Waals surface area (Å²) in [6.07, 6.45) is 1.86. The number of methoxy groups -OCH3 is 1. The zero-order valence-corrected chi connectivity index (χ0v) is 14.9. The molecule has 7 heteroatoms. The molecule has 1 aromatic heterocycles. The number of Topliss-reactive ketones (excluding diaryl/α,β-unsaturated/α-hetero) is 1. The molecule has 1 aliphatic rings. The third kappa shape index (κ3) is 4.29. The lowest BCUT2D eigenvalue weighted by molar-refractivity contribution is 0.0345. The van der Waals surface area contributed by atoms with Crippen LogP contribution in [0.2, 0.25) is 0 Å². The van der Waals surface area contributed by atoms with Crippen molar-refractivity contribution < 1.29 is 23.6 Å². The van der Waals surface area contributed by atoms with Crippen LogP contribution in [0.1, 0.15) is 46.4 Å². The Morgan fingerprint density at radius 2 is 2.04 bits per heavy atom. The Morgan fingerprint density at radius 1 is 1.27 bits per heavy atom. The first kappa shape index (κ1) is 18.1. The highest BCUT2D eigenvalue weighted by atomic mass is 16.5. The number of hydrogen-bond acceptors (Lipinski definition) is 6. The highest BCUT2D eigenvalue weighted by Gasteiger charge is 2.25. The highest BCUT2D eigenvalue weighted by Crippen LogP contribution is 2.18. The summed E-state index contributed by atoms with van der Waals surface area (Å²) >= 11 is 0. The van der Waals surface area contributed by atoms with Crippen LogP contribution in [0.25, 0.3) is 0 Å². The van der Waals surface area contributed by atoms with Crippen molar-refractivity contribution in [2.24, 2.45) is 0 Å². The normalized spacial score (nSPS) is 15.1. The van der Waals surface area contributed by atoms with Crippen molar-refractivity contribution in [1.82, 2.24) is 10.1 Å². The van der Waals surface area contributed by atoms with E-state index in [4.69, 9.17) is 14.0 Å². The van der Waals surface area contributed by atoms with Gasteiger partial charge in [0, 0.05) is 31.8 Å². The van der Waals surface area contributed by atoms with Gasteiger partial charge < -0.3 is 18.9 Å². The minimum Gasteiger partial charge on any atom is -0.486 e. The Hall–Kier alpha value is -2.67. The molecule has 0 N–H and O–H groups in total. The monoisotopic (exact) mass is 358 g/mol. The first-order valence-electron chi connectivity index (χ1n) is 8.58. The SMILES string of the molecule is COC1CCN(C(=O)c2cc(COc3cccc(C(C)=O)c3)on2)CC1. The number of piperidine rings is 1. The molecule has 0 unspecified atom stereocenters. The van der Waals surface area contributed by atoms with Crippen LogP contribution in [-0.2, 0) is 11.3 Å². The Morgan fingerprint density at radius 3 is 2.73 bits per heavy atom.